The molecular weight excluding hydrogens is 588 g/mol. The van der Waals surface area contributed by atoms with E-state index in [4.69, 9.17) is 26.1 Å². The summed E-state index contributed by atoms with van der Waals surface area (Å²) < 4.78 is 21.4. The first-order chi connectivity index (χ1) is 21.0. The Balaban J connectivity index is 1.95. The number of carbonyl (C=O) groups excluding carboxylic acids is 3. The van der Waals surface area contributed by atoms with Crippen LogP contribution in [0.4, 0.5) is 0 Å². The van der Waals surface area contributed by atoms with Crippen LogP contribution in [0.15, 0.2) is 33.5 Å². The highest BCUT2D eigenvalue weighted by Crippen LogP contribution is 2.33. The fourth-order valence-corrected chi connectivity index (χ4v) is 5.19. The summed E-state index contributed by atoms with van der Waals surface area (Å²) in [5, 5.41) is 22.1. The molecule has 1 aromatic carbocycles. The number of hydrogen-bond donors (Lipinski definition) is 2. The van der Waals surface area contributed by atoms with Crippen LogP contribution in [0.1, 0.15) is 90.3 Å². The van der Waals surface area contributed by atoms with Crippen molar-refractivity contribution in [2.24, 2.45) is 0 Å². The van der Waals surface area contributed by atoms with Gasteiger partial charge in [-0.2, -0.15) is 0 Å². The molecule has 0 fully saturated rings. The van der Waals surface area contributed by atoms with Crippen LogP contribution in [0.25, 0.3) is 12.2 Å². The SMILES string of the molecule is CCCc1c(OCC/C=C\C(c2c(C(=O)OC)oc3c(c2=O)=CCC(=S)C=3)C(O)CCCC(=O)OC)ccc(C(C)=O)c1O. The summed E-state index contributed by atoms with van der Waals surface area (Å²) in [6.45, 7) is 3.52. The van der Waals surface area contributed by atoms with Crippen LogP contribution in [-0.4, -0.2) is 59.7 Å². The van der Waals surface area contributed by atoms with E-state index in [1.807, 2.05) is 6.92 Å². The highest BCUT2D eigenvalue weighted by Gasteiger charge is 2.30. The van der Waals surface area contributed by atoms with Crippen LogP contribution < -0.4 is 20.8 Å². The van der Waals surface area contributed by atoms with Crippen molar-refractivity contribution >= 4 is 47.0 Å². The van der Waals surface area contributed by atoms with Gasteiger partial charge in [0.15, 0.2) is 11.2 Å². The minimum absolute atomic E-state index is 0.0641. The number of thiocarbonyl (C=S) groups is 1. The maximum Gasteiger partial charge on any atom is 0.374 e. The lowest BCUT2D eigenvalue weighted by Gasteiger charge is -2.21. The van der Waals surface area contributed by atoms with Crippen LogP contribution in [0.3, 0.4) is 0 Å². The Labute approximate surface area is 260 Å². The third kappa shape index (κ3) is 8.29. The Bertz CT molecular complexity index is 1620. The van der Waals surface area contributed by atoms with Crippen molar-refractivity contribution in [1.29, 1.82) is 0 Å². The van der Waals surface area contributed by atoms with Gasteiger partial charge in [-0.3, -0.25) is 14.4 Å². The van der Waals surface area contributed by atoms with E-state index in [1.165, 1.54) is 26.2 Å². The molecule has 2 aromatic rings. The lowest BCUT2D eigenvalue weighted by atomic mass is 9.88. The lowest BCUT2D eigenvalue weighted by molar-refractivity contribution is -0.140. The summed E-state index contributed by atoms with van der Waals surface area (Å²) in [4.78, 5) is 50.6. The number of rotatable bonds is 15. The van der Waals surface area contributed by atoms with Gasteiger partial charge >= 0.3 is 11.9 Å². The second-order valence-electron chi connectivity index (χ2n) is 10.3. The number of fused-ring (bicyclic) bond motifs is 1. The first-order valence-corrected chi connectivity index (χ1v) is 14.8. The number of aromatic hydroxyl groups is 1. The Kier molecular flexibility index (Phi) is 12.6. The zero-order valence-corrected chi connectivity index (χ0v) is 26.2. The average Bonchev–Trinajstić information content (AvgIpc) is 2.99. The Morgan fingerprint density at radius 2 is 1.93 bits per heavy atom. The van der Waals surface area contributed by atoms with Gasteiger partial charge in [0.25, 0.3) is 0 Å². The second-order valence-corrected chi connectivity index (χ2v) is 10.9. The van der Waals surface area contributed by atoms with Crippen molar-refractivity contribution in [1.82, 2.24) is 0 Å². The van der Waals surface area contributed by atoms with Gasteiger partial charge in [-0.1, -0.05) is 43.8 Å². The van der Waals surface area contributed by atoms with Crippen molar-refractivity contribution in [2.75, 3.05) is 20.8 Å². The van der Waals surface area contributed by atoms with Crippen molar-refractivity contribution < 1.29 is 43.2 Å². The van der Waals surface area contributed by atoms with E-state index in [2.05, 4.69) is 4.74 Å². The molecule has 0 spiro atoms. The van der Waals surface area contributed by atoms with Crippen LogP contribution >= 0.6 is 12.2 Å². The van der Waals surface area contributed by atoms with Gasteiger partial charge in [0, 0.05) is 29.2 Å². The number of aliphatic hydroxyl groups is 1. The molecule has 3 rings (SSSR count). The highest BCUT2D eigenvalue weighted by molar-refractivity contribution is 7.81. The first-order valence-electron chi connectivity index (χ1n) is 14.4. The van der Waals surface area contributed by atoms with Gasteiger partial charge in [0.2, 0.25) is 5.76 Å². The van der Waals surface area contributed by atoms with E-state index in [0.717, 1.165) is 13.5 Å². The molecule has 2 atom stereocenters. The van der Waals surface area contributed by atoms with E-state index in [0.29, 0.717) is 35.4 Å². The minimum Gasteiger partial charge on any atom is -0.507 e. The predicted octanol–water partition coefficient (Wildman–Crippen LogP) is 3.43. The van der Waals surface area contributed by atoms with Gasteiger partial charge in [-0.15, -0.1) is 0 Å². The molecule has 1 aliphatic carbocycles. The van der Waals surface area contributed by atoms with Crippen molar-refractivity contribution in [3.63, 3.8) is 0 Å². The molecule has 44 heavy (non-hydrogen) atoms. The largest absolute Gasteiger partial charge is 0.507 e. The third-order valence-electron chi connectivity index (χ3n) is 7.24. The molecule has 1 aromatic heterocycles. The van der Waals surface area contributed by atoms with E-state index in [9.17, 15) is 29.4 Å². The van der Waals surface area contributed by atoms with Crippen LogP contribution in [0.5, 0.6) is 11.5 Å². The van der Waals surface area contributed by atoms with Gasteiger partial charge in [-0.25, -0.2) is 4.79 Å². The van der Waals surface area contributed by atoms with Crippen LogP contribution in [0, 0.1) is 0 Å². The van der Waals surface area contributed by atoms with Gasteiger partial charge in [0.1, 0.15) is 16.9 Å². The molecule has 11 heteroatoms. The van der Waals surface area contributed by atoms with Gasteiger partial charge < -0.3 is 28.8 Å². The number of carbonyl (C=O) groups is 3. The number of phenols is 1. The standard InChI is InChI=1S/C33H38O10S/c1-5-9-23-26(16-15-21(19(2)34)30(23)37)42-17-7-6-10-22(25(35)11-8-12-28(36)40-3)29-31(38)24-14-13-20(44)18-27(24)43-32(29)33(39)41-4/h6,10,14-16,18,22,25,35,37H,5,7-9,11-13,17H2,1-4H3/b10-6-. The number of hydrogen-bond acceptors (Lipinski definition) is 11. The van der Waals surface area contributed by atoms with E-state index < -0.39 is 29.4 Å². The number of ether oxygens (including phenoxy) is 3. The van der Waals surface area contributed by atoms with Gasteiger partial charge in [0.05, 0.1) is 43.3 Å². The predicted molar refractivity (Wildman–Crippen MR) is 168 cm³/mol. The summed E-state index contributed by atoms with van der Waals surface area (Å²) in [5.74, 6) is -2.53. The van der Waals surface area contributed by atoms with E-state index >= 15 is 0 Å². The smallest absolute Gasteiger partial charge is 0.374 e. The fourth-order valence-electron chi connectivity index (χ4n) is 5.00. The summed E-state index contributed by atoms with van der Waals surface area (Å²) in [6.07, 6.45) is 7.71. The first kappa shape index (κ1) is 34.4. The topological polar surface area (TPSA) is 150 Å². The molecule has 0 aliphatic heterocycles. The number of ketones is 1. The van der Waals surface area contributed by atoms with Crippen LogP contribution in [-0.2, 0) is 20.7 Å². The normalized spacial score (nSPS) is 13.8. The molecule has 2 N–H and O–H groups in total. The monoisotopic (exact) mass is 626 g/mol. The van der Waals surface area contributed by atoms with E-state index in [-0.39, 0.29) is 64.9 Å². The molecule has 1 heterocycles. The zero-order valence-electron chi connectivity index (χ0n) is 25.3. The molecule has 0 saturated carbocycles. The zero-order chi connectivity index (χ0) is 32.4. The molecule has 1 aliphatic rings. The number of aliphatic hydroxyl groups excluding tert-OH is 1. The number of Topliss-reactive ketones (excluding diaryl/α,β-unsaturated/α-hetero) is 1. The Morgan fingerprint density at radius 3 is 2.59 bits per heavy atom. The van der Waals surface area contributed by atoms with Crippen molar-refractivity contribution in [3.05, 3.63) is 67.6 Å². The fraction of sp³-hybridized carbons (Fsp3) is 0.424. The summed E-state index contributed by atoms with van der Waals surface area (Å²) in [7, 11) is 2.44. The lowest BCUT2D eigenvalue weighted by Crippen LogP contribution is -2.46. The molecule has 0 radical (unpaired) electrons. The molecule has 2 unspecified atom stereocenters. The molecule has 10 nitrogen and oxygen atoms in total. The third-order valence-corrected chi connectivity index (χ3v) is 7.53. The van der Waals surface area contributed by atoms with Crippen molar-refractivity contribution in [3.8, 4) is 11.5 Å². The average molecular weight is 627 g/mol. The minimum atomic E-state index is -1.16. The molecule has 236 valence electrons. The maximum absolute atomic E-state index is 13.8. The van der Waals surface area contributed by atoms with Gasteiger partial charge in [-0.05, 0) is 50.8 Å². The maximum atomic E-state index is 13.8. The van der Waals surface area contributed by atoms with Crippen LogP contribution in [0.2, 0.25) is 0 Å². The van der Waals surface area contributed by atoms with E-state index in [1.54, 1.807) is 24.3 Å². The molecular formula is C33H38O10S. The summed E-state index contributed by atoms with van der Waals surface area (Å²) in [6, 6.07) is 3.17. The quantitative estimate of drug-likeness (QED) is 0.0984. The molecule has 0 saturated heterocycles. The molecule has 0 bridgehead atoms. The summed E-state index contributed by atoms with van der Waals surface area (Å²) >= 11 is 5.24. The Morgan fingerprint density at radius 1 is 1.18 bits per heavy atom. The van der Waals surface area contributed by atoms with Crippen molar-refractivity contribution in [2.45, 2.75) is 70.8 Å². The highest BCUT2D eigenvalue weighted by atomic mass is 32.1. The summed E-state index contributed by atoms with van der Waals surface area (Å²) in [5.41, 5.74) is 0.365. The second kappa shape index (κ2) is 16.1. The number of benzene rings is 1. The molecule has 0 amide bonds. The number of esters is 2. The number of methoxy groups -OCH3 is 2. The Hall–Kier alpha value is -4.09. The number of phenolic OH excluding ortho intramolecular Hbond substituents is 1.